The van der Waals surface area contributed by atoms with E-state index in [0.29, 0.717) is 4.90 Å². The zero-order valence-corrected chi connectivity index (χ0v) is 10.2. The molecule has 4 heteroatoms. The molecule has 0 bridgehead atoms. The van der Waals surface area contributed by atoms with Crippen molar-refractivity contribution in [3.8, 4) is 0 Å². The molecule has 88 valence electrons. The molecule has 0 radical (unpaired) electrons. The zero-order valence-electron chi connectivity index (χ0n) is 9.39. The second kappa shape index (κ2) is 4.97. The van der Waals surface area contributed by atoms with Crippen molar-refractivity contribution >= 4 is 16.8 Å². The smallest absolute Gasteiger partial charge is 0.0518 e. The minimum atomic E-state index is -2.14. The minimum absolute atomic E-state index is 0.414. The first kappa shape index (κ1) is 11.6. The monoisotopic (exact) mass is 238 g/mol. The highest BCUT2D eigenvalue weighted by atomic mass is 32.2. The van der Waals surface area contributed by atoms with Gasteiger partial charge in [-0.2, -0.15) is 0 Å². The Labute approximate surface area is 98.8 Å². The zero-order chi connectivity index (χ0) is 11.5. The highest BCUT2D eigenvalue weighted by Crippen LogP contribution is 2.27. The van der Waals surface area contributed by atoms with Crippen LogP contribution in [0.25, 0.3) is 0 Å². The Hall–Kier alpha value is -0.870. The Morgan fingerprint density at radius 1 is 1.31 bits per heavy atom. The standard InChI is InChI=1S/C12H17NO2S/c1-10-6-8-13(9-7-10)11-4-2-3-5-12(11)16(14)15/h2-5,10H,6-9H2,1H3,(H,14,15)/p-1. The third kappa shape index (κ3) is 2.44. The normalized spacial score (nSPS) is 19.8. The summed E-state index contributed by atoms with van der Waals surface area (Å²) in [6.07, 6.45) is 2.28. The highest BCUT2D eigenvalue weighted by molar-refractivity contribution is 7.79. The van der Waals surface area contributed by atoms with Crippen molar-refractivity contribution in [1.29, 1.82) is 0 Å². The van der Waals surface area contributed by atoms with E-state index in [1.54, 1.807) is 12.1 Å². The molecule has 1 fully saturated rings. The lowest BCUT2D eigenvalue weighted by atomic mass is 9.99. The van der Waals surface area contributed by atoms with Crippen LogP contribution in [0.1, 0.15) is 19.8 Å². The van der Waals surface area contributed by atoms with Gasteiger partial charge in [0.25, 0.3) is 0 Å². The summed E-state index contributed by atoms with van der Waals surface area (Å²) in [5, 5.41) is 0. The average molecular weight is 238 g/mol. The summed E-state index contributed by atoms with van der Waals surface area (Å²) in [5.74, 6) is 0.751. The van der Waals surface area contributed by atoms with Gasteiger partial charge in [0.15, 0.2) is 0 Å². The van der Waals surface area contributed by atoms with Crippen molar-refractivity contribution in [1.82, 2.24) is 0 Å². The first-order valence-electron chi connectivity index (χ1n) is 5.61. The highest BCUT2D eigenvalue weighted by Gasteiger charge is 2.18. The van der Waals surface area contributed by atoms with Crippen molar-refractivity contribution in [2.75, 3.05) is 18.0 Å². The van der Waals surface area contributed by atoms with Crippen LogP contribution in [0.4, 0.5) is 5.69 Å². The van der Waals surface area contributed by atoms with Gasteiger partial charge in [-0.3, -0.25) is 4.21 Å². The predicted molar refractivity (Wildman–Crippen MR) is 64.2 cm³/mol. The molecule has 1 atom stereocenters. The lowest BCUT2D eigenvalue weighted by Crippen LogP contribution is -2.33. The predicted octanol–water partition coefficient (Wildman–Crippen LogP) is 2.16. The van der Waals surface area contributed by atoms with E-state index >= 15 is 0 Å². The fourth-order valence-corrected chi connectivity index (χ4v) is 2.67. The molecule has 1 unspecified atom stereocenters. The summed E-state index contributed by atoms with van der Waals surface area (Å²) in [7, 11) is 0. The second-order valence-electron chi connectivity index (χ2n) is 4.37. The van der Waals surface area contributed by atoms with E-state index in [1.807, 2.05) is 12.1 Å². The summed E-state index contributed by atoms with van der Waals surface area (Å²) < 4.78 is 22.2. The molecule has 1 saturated heterocycles. The Morgan fingerprint density at radius 2 is 1.94 bits per heavy atom. The van der Waals surface area contributed by atoms with Crippen LogP contribution in [-0.4, -0.2) is 21.9 Å². The van der Waals surface area contributed by atoms with Crippen LogP contribution in [0.15, 0.2) is 29.2 Å². The Bertz CT molecular complexity index is 386. The van der Waals surface area contributed by atoms with E-state index in [9.17, 15) is 8.76 Å². The van der Waals surface area contributed by atoms with Gasteiger partial charge in [0, 0.05) is 18.0 Å². The van der Waals surface area contributed by atoms with Crippen LogP contribution in [0.5, 0.6) is 0 Å². The molecule has 1 aliphatic heterocycles. The van der Waals surface area contributed by atoms with Crippen molar-refractivity contribution in [2.24, 2.45) is 5.92 Å². The maximum atomic E-state index is 11.1. The fourth-order valence-electron chi connectivity index (χ4n) is 2.11. The Balaban J connectivity index is 2.23. The van der Waals surface area contributed by atoms with Gasteiger partial charge in [0.1, 0.15) is 0 Å². The molecular weight excluding hydrogens is 222 g/mol. The van der Waals surface area contributed by atoms with Crippen LogP contribution < -0.4 is 4.90 Å². The second-order valence-corrected chi connectivity index (χ2v) is 5.28. The van der Waals surface area contributed by atoms with Gasteiger partial charge >= 0.3 is 0 Å². The van der Waals surface area contributed by atoms with Crippen molar-refractivity contribution in [3.05, 3.63) is 24.3 Å². The molecule has 0 N–H and O–H groups in total. The van der Waals surface area contributed by atoms with E-state index in [4.69, 9.17) is 0 Å². The maximum Gasteiger partial charge on any atom is 0.0518 e. The van der Waals surface area contributed by atoms with Crippen molar-refractivity contribution in [2.45, 2.75) is 24.7 Å². The van der Waals surface area contributed by atoms with Crippen molar-refractivity contribution < 1.29 is 8.76 Å². The van der Waals surface area contributed by atoms with Gasteiger partial charge in [0.2, 0.25) is 0 Å². The molecule has 0 saturated carbocycles. The lowest BCUT2D eigenvalue weighted by molar-refractivity contribution is 0.437. The van der Waals surface area contributed by atoms with Gasteiger partial charge in [-0.1, -0.05) is 19.1 Å². The number of hydrogen-bond acceptors (Lipinski definition) is 3. The fraction of sp³-hybridized carbons (Fsp3) is 0.500. The summed E-state index contributed by atoms with van der Waals surface area (Å²) in [5.41, 5.74) is 0.850. The molecule has 0 aliphatic carbocycles. The molecule has 0 amide bonds. The number of para-hydroxylation sites is 1. The number of benzene rings is 1. The summed E-state index contributed by atoms with van der Waals surface area (Å²) >= 11 is -2.14. The van der Waals surface area contributed by atoms with Crippen LogP contribution in [0, 0.1) is 5.92 Å². The van der Waals surface area contributed by atoms with Crippen LogP contribution >= 0.6 is 0 Å². The van der Waals surface area contributed by atoms with Crippen LogP contribution in [0.3, 0.4) is 0 Å². The lowest BCUT2D eigenvalue weighted by Gasteiger charge is -2.33. The minimum Gasteiger partial charge on any atom is -0.768 e. The first-order valence-corrected chi connectivity index (χ1v) is 6.69. The molecule has 1 heterocycles. The van der Waals surface area contributed by atoms with Gasteiger partial charge < -0.3 is 9.45 Å². The molecular formula is C12H16NO2S-. The molecule has 3 nitrogen and oxygen atoms in total. The third-order valence-electron chi connectivity index (χ3n) is 3.17. The molecule has 2 rings (SSSR count). The van der Waals surface area contributed by atoms with Gasteiger partial charge in [-0.15, -0.1) is 0 Å². The molecule has 16 heavy (non-hydrogen) atoms. The molecule has 0 aromatic heterocycles. The van der Waals surface area contributed by atoms with Gasteiger partial charge in [-0.25, -0.2) is 0 Å². The maximum absolute atomic E-state index is 11.1. The molecule has 1 aliphatic rings. The number of hydrogen-bond donors (Lipinski definition) is 0. The van der Waals surface area contributed by atoms with E-state index in [0.717, 1.165) is 37.5 Å². The molecule has 0 spiro atoms. The van der Waals surface area contributed by atoms with E-state index < -0.39 is 11.1 Å². The number of piperidine rings is 1. The van der Waals surface area contributed by atoms with Gasteiger partial charge in [-0.05, 0) is 42.0 Å². The van der Waals surface area contributed by atoms with E-state index in [-0.39, 0.29) is 0 Å². The average Bonchev–Trinajstić information content (AvgIpc) is 2.30. The topological polar surface area (TPSA) is 43.4 Å². The van der Waals surface area contributed by atoms with E-state index in [1.165, 1.54) is 0 Å². The van der Waals surface area contributed by atoms with Crippen LogP contribution in [-0.2, 0) is 11.1 Å². The first-order chi connectivity index (χ1) is 7.68. The molecule has 1 aromatic rings. The SMILES string of the molecule is CC1CCN(c2ccccc2S(=O)[O-])CC1. The van der Waals surface area contributed by atoms with Gasteiger partial charge in [0.05, 0.1) is 5.69 Å². The molecule has 1 aromatic carbocycles. The Morgan fingerprint density at radius 3 is 2.56 bits per heavy atom. The third-order valence-corrected chi connectivity index (χ3v) is 3.87. The summed E-state index contributed by atoms with van der Waals surface area (Å²) in [6, 6.07) is 7.21. The quantitative estimate of drug-likeness (QED) is 0.742. The number of nitrogens with zero attached hydrogens (tertiary/aromatic N) is 1. The van der Waals surface area contributed by atoms with Crippen LogP contribution in [0.2, 0.25) is 0 Å². The van der Waals surface area contributed by atoms with Crippen molar-refractivity contribution in [3.63, 3.8) is 0 Å². The Kier molecular flexibility index (Phi) is 3.61. The number of rotatable bonds is 2. The summed E-state index contributed by atoms with van der Waals surface area (Å²) in [6.45, 7) is 4.15. The summed E-state index contributed by atoms with van der Waals surface area (Å²) in [4.78, 5) is 2.59. The number of anilines is 1. The largest absolute Gasteiger partial charge is 0.768 e. The van der Waals surface area contributed by atoms with E-state index in [2.05, 4.69) is 11.8 Å².